The number of nitrogens with zero attached hydrogens (tertiary/aromatic N) is 2. The number of halogens is 1. The lowest BCUT2D eigenvalue weighted by molar-refractivity contribution is -0.139. The largest absolute Gasteiger partial charge is 0.497 e. The normalized spacial score (nSPS) is 13.0. The fraction of sp³-hybridized carbons (Fsp3) is 0.321. The maximum atomic E-state index is 13.6. The third kappa shape index (κ3) is 7.50. The molecule has 202 valence electrons. The van der Waals surface area contributed by atoms with E-state index in [2.05, 4.69) is 10.4 Å². The number of carbonyl (C=O) groups is 2. The molecule has 3 rings (SSSR count). The van der Waals surface area contributed by atoms with Crippen LogP contribution in [0.15, 0.2) is 54.6 Å². The number of amides is 1. The predicted molar refractivity (Wildman–Crippen MR) is 140 cm³/mol. The van der Waals surface area contributed by atoms with E-state index in [1.54, 1.807) is 19.3 Å². The SMILES string of the molecule is COc1cccc(CNC(=O)c2nn(-c3ccc(F)cc3)c(C=C[C@H](O)C[C@@H](O)CC(=O)O)c2C(C)C)c1. The Morgan fingerprint density at radius 3 is 2.50 bits per heavy atom. The molecule has 0 unspecified atom stereocenters. The number of benzene rings is 2. The number of aliphatic carboxylic acids is 1. The molecule has 3 aromatic rings. The number of aliphatic hydroxyl groups is 2. The van der Waals surface area contributed by atoms with Crippen LogP contribution in [-0.2, 0) is 11.3 Å². The van der Waals surface area contributed by atoms with Gasteiger partial charge in [0.2, 0.25) is 0 Å². The summed E-state index contributed by atoms with van der Waals surface area (Å²) in [6.07, 6.45) is -0.0665. The third-order valence-corrected chi connectivity index (χ3v) is 5.81. The Balaban J connectivity index is 1.96. The third-order valence-electron chi connectivity index (χ3n) is 5.81. The van der Waals surface area contributed by atoms with Crippen LogP contribution in [0.3, 0.4) is 0 Å². The van der Waals surface area contributed by atoms with E-state index in [-0.39, 0.29) is 24.6 Å². The van der Waals surface area contributed by atoms with Gasteiger partial charge in [-0.1, -0.05) is 32.1 Å². The number of aliphatic hydroxyl groups excluding tert-OH is 2. The van der Waals surface area contributed by atoms with Crippen LogP contribution in [0.1, 0.15) is 59.9 Å². The van der Waals surface area contributed by atoms with Crippen molar-refractivity contribution in [3.63, 3.8) is 0 Å². The molecule has 4 N–H and O–H groups in total. The van der Waals surface area contributed by atoms with E-state index in [0.29, 0.717) is 22.7 Å². The van der Waals surface area contributed by atoms with Crippen molar-refractivity contribution in [1.29, 1.82) is 0 Å². The van der Waals surface area contributed by atoms with Crippen molar-refractivity contribution in [2.45, 2.75) is 51.4 Å². The van der Waals surface area contributed by atoms with Gasteiger partial charge in [-0.3, -0.25) is 9.59 Å². The Kier molecular flexibility index (Phi) is 9.75. The molecule has 10 heteroatoms. The van der Waals surface area contributed by atoms with E-state index in [1.807, 2.05) is 32.0 Å². The van der Waals surface area contributed by atoms with Gasteiger partial charge in [0.1, 0.15) is 11.6 Å². The molecule has 38 heavy (non-hydrogen) atoms. The highest BCUT2D eigenvalue weighted by Crippen LogP contribution is 2.28. The number of carboxylic acid groups (broad SMARTS) is 1. The summed E-state index contributed by atoms with van der Waals surface area (Å²) < 4.78 is 20.3. The Morgan fingerprint density at radius 2 is 1.87 bits per heavy atom. The summed E-state index contributed by atoms with van der Waals surface area (Å²) in [6.45, 7) is 4.03. The molecule has 0 fully saturated rings. The zero-order valence-electron chi connectivity index (χ0n) is 21.5. The summed E-state index contributed by atoms with van der Waals surface area (Å²) in [5.41, 5.74) is 2.61. The summed E-state index contributed by atoms with van der Waals surface area (Å²) >= 11 is 0. The molecule has 1 aromatic heterocycles. The van der Waals surface area contributed by atoms with Crippen LogP contribution >= 0.6 is 0 Å². The van der Waals surface area contributed by atoms with Crippen LogP contribution in [0, 0.1) is 5.82 Å². The van der Waals surface area contributed by atoms with Gasteiger partial charge in [0, 0.05) is 18.5 Å². The van der Waals surface area contributed by atoms with Gasteiger partial charge in [0.25, 0.3) is 5.91 Å². The molecular formula is C28H32FN3O6. The van der Waals surface area contributed by atoms with Gasteiger partial charge >= 0.3 is 5.97 Å². The summed E-state index contributed by atoms with van der Waals surface area (Å²) in [6, 6.07) is 12.9. The molecule has 0 radical (unpaired) electrons. The molecule has 0 aliphatic heterocycles. The summed E-state index contributed by atoms with van der Waals surface area (Å²) in [5.74, 6) is -1.50. The van der Waals surface area contributed by atoms with Gasteiger partial charge in [-0.2, -0.15) is 5.10 Å². The lowest BCUT2D eigenvalue weighted by Gasteiger charge is -2.12. The van der Waals surface area contributed by atoms with Gasteiger partial charge in [0.05, 0.1) is 37.1 Å². The second-order valence-corrected chi connectivity index (χ2v) is 9.14. The van der Waals surface area contributed by atoms with Crippen molar-refractivity contribution in [3.05, 3.63) is 82.9 Å². The molecule has 9 nitrogen and oxygen atoms in total. The minimum Gasteiger partial charge on any atom is -0.497 e. The molecule has 0 aliphatic rings. The van der Waals surface area contributed by atoms with Gasteiger partial charge in [0.15, 0.2) is 5.69 Å². The number of hydrogen-bond donors (Lipinski definition) is 4. The van der Waals surface area contributed by atoms with Crippen molar-refractivity contribution in [2.75, 3.05) is 7.11 Å². The smallest absolute Gasteiger partial charge is 0.305 e. The highest BCUT2D eigenvalue weighted by Gasteiger charge is 2.25. The van der Waals surface area contributed by atoms with E-state index in [4.69, 9.17) is 9.84 Å². The second-order valence-electron chi connectivity index (χ2n) is 9.14. The van der Waals surface area contributed by atoms with Crippen LogP contribution in [0.5, 0.6) is 5.75 Å². The van der Waals surface area contributed by atoms with Crippen molar-refractivity contribution >= 4 is 18.0 Å². The average Bonchev–Trinajstić information content (AvgIpc) is 3.26. The van der Waals surface area contributed by atoms with Gasteiger partial charge in [-0.15, -0.1) is 0 Å². The van der Waals surface area contributed by atoms with Gasteiger partial charge in [-0.25, -0.2) is 9.07 Å². The molecular weight excluding hydrogens is 493 g/mol. The monoisotopic (exact) mass is 525 g/mol. The number of nitrogens with one attached hydrogen (secondary N) is 1. The van der Waals surface area contributed by atoms with E-state index in [9.17, 15) is 24.2 Å². The fourth-order valence-corrected chi connectivity index (χ4v) is 4.01. The first-order chi connectivity index (χ1) is 18.1. The van der Waals surface area contributed by atoms with Crippen LogP contribution in [0.4, 0.5) is 4.39 Å². The number of aromatic nitrogens is 2. The number of carboxylic acids is 1. The predicted octanol–water partition coefficient (Wildman–Crippen LogP) is 3.67. The molecule has 0 aliphatic carbocycles. The molecule has 2 atom stereocenters. The quantitative estimate of drug-likeness (QED) is 0.283. The molecule has 0 bridgehead atoms. The molecule has 1 heterocycles. The van der Waals surface area contributed by atoms with E-state index < -0.39 is 36.3 Å². The van der Waals surface area contributed by atoms with E-state index in [0.717, 1.165) is 5.56 Å². The lowest BCUT2D eigenvalue weighted by atomic mass is 9.98. The van der Waals surface area contributed by atoms with Crippen LogP contribution in [-0.4, -0.2) is 56.3 Å². The molecule has 0 spiro atoms. The highest BCUT2D eigenvalue weighted by atomic mass is 19.1. The summed E-state index contributed by atoms with van der Waals surface area (Å²) in [5, 5.41) is 36.5. The Morgan fingerprint density at radius 1 is 1.16 bits per heavy atom. The Hall–Kier alpha value is -4.02. The zero-order chi connectivity index (χ0) is 27.8. The summed E-state index contributed by atoms with van der Waals surface area (Å²) in [7, 11) is 1.56. The van der Waals surface area contributed by atoms with Crippen molar-refractivity contribution in [1.82, 2.24) is 15.1 Å². The molecule has 2 aromatic carbocycles. The van der Waals surface area contributed by atoms with Gasteiger partial charge in [-0.05, 0) is 54.0 Å². The average molecular weight is 526 g/mol. The fourth-order valence-electron chi connectivity index (χ4n) is 4.01. The second kappa shape index (κ2) is 13.0. The first-order valence-corrected chi connectivity index (χ1v) is 12.1. The van der Waals surface area contributed by atoms with E-state index >= 15 is 0 Å². The Labute approximate surface area is 220 Å². The van der Waals surface area contributed by atoms with Crippen molar-refractivity contribution < 1.29 is 34.0 Å². The number of methoxy groups -OCH3 is 1. The molecule has 0 saturated heterocycles. The molecule has 0 saturated carbocycles. The maximum Gasteiger partial charge on any atom is 0.305 e. The standard InChI is InChI=1S/C28H32FN3O6/c1-17(2)26-24(12-11-21(33)14-22(34)15-25(35)36)32(20-9-7-19(29)8-10-20)31-27(26)28(37)30-16-18-5-4-6-23(13-18)38-3/h4-13,17,21-22,33-34H,14-16H2,1-3H3,(H,30,37)(H,35,36)/t21-,22+/m0/s1. The maximum absolute atomic E-state index is 13.6. The van der Waals surface area contributed by atoms with Crippen molar-refractivity contribution in [2.24, 2.45) is 0 Å². The topological polar surface area (TPSA) is 134 Å². The first-order valence-electron chi connectivity index (χ1n) is 12.1. The highest BCUT2D eigenvalue weighted by molar-refractivity contribution is 5.95. The van der Waals surface area contributed by atoms with Crippen LogP contribution in [0.25, 0.3) is 11.8 Å². The number of hydrogen-bond acceptors (Lipinski definition) is 6. The van der Waals surface area contributed by atoms with Crippen molar-refractivity contribution in [3.8, 4) is 11.4 Å². The van der Waals surface area contributed by atoms with Crippen LogP contribution < -0.4 is 10.1 Å². The van der Waals surface area contributed by atoms with Gasteiger partial charge < -0.3 is 25.4 Å². The number of carbonyl (C=O) groups excluding carboxylic acids is 1. The minimum absolute atomic E-state index is 0.156. The molecule has 1 amide bonds. The zero-order valence-corrected chi connectivity index (χ0v) is 21.5. The Bertz CT molecular complexity index is 1290. The lowest BCUT2D eigenvalue weighted by Crippen LogP contribution is -2.24. The summed E-state index contributed by atoms with van der Waals surface area (Å²) in [4.78, 5) is 24.1. The first kappa shape index (κ1) is 28.5. The van der Waals surface area contributed by atoms with Crippen LogP contribution in [0.2, 0.25) is 0 Å². The minimum atomic E-state index is -1.23. The number of rotatable bonds is 12. The number of ether oxygens (including phenoxy) is 1. The van der Waals surface area contributed by atoms with E-state index in [1.165, 1.54) is 35.0 Å².